The maximum Gasteiger partial charge on any atom is 0.276 e. The largest absolute Gasteiger partial charge is 0.362 e. The molecule has 0 atom stereocenters. The number of amides is 1. The van der Waals surface area contributed by atoms with Crippen LogP contribution in [0.1, 0.15) is 21.5 Å². The fourth-order valence-corrected chi connectivity index (χ4v) is 2.50. The molecule has 24 heavy (non-hydrogen) atoms. The van der Waals surface area contributed by atoms with E-state index in [-0.39, 0.29) is 11.3 Å². The normalized spacial score (nSPS) is 10.2. The molecule has 0 aromatic heterocycles. The molecule has 7 heteroatoms. The molecular weight excluding hydrogens is 333 g/mol. The molecule has 0 saturated carbocycles. The number of hydrogen-bond acceptors (Lipinski definition) is 4. The lowest BCUT2D eigenvalue weighted by Gasteiger charge is -2.18. The van der Waals surface area contributed by atoms with E-state index in [1.54, 1.807) is 32.0 Å². The van der Waals surface area contributed by atoms with Gasteiger partial charge in [-0.25, -0.2) is 9.87 Å². The number of nitrogens with one attached hydrogen (secondary N) is 3. The molecule has 2 rings (SSSR count). The van der Waals surface area contributed by atoms with Gasteiger partial charge in [-0.2, -0.15) is 0 Å². The Hall–Kier alpha value is -2.57. The Bertz CT molecular complexity index is 809. The number of benzene rings is 2. The van der Waals surface area contributed by atoms with Crippen molar-refractivity contribution in [1.82, 2.24) is 5.48 Å². The minimum Gasteiger partial charge on any atom is -0.362 e. The van der Waals surface area contributed by atoms with E-state index < -0.39 is 11.7 Å². The molecule has 0 aliphatic rings. The Morgan fingerprint density at radius 2 is 2.00 bits per heavy atom. The van der Waals surface area contributed by atoms with Crippen molar-refractivity contribution in [3.8, 4) is 0 Å². The molecule has 0 bridgehead atoms. The third-order valence-corrected chi connectivity index (χ3v) is 3.80. The molecule has 2 aromatic carbocycles. The summed E-state index contributed by atoms with van der Waals surface area (Å²) in [5.41, 5.74) is 3.48. The van der Waals surface area contributed by atoms with Gasteiger partial charge in [0.2, 0.25) is 0 Å². The zero-order chi connectivity index (χ0) is 17.9. The summed E-state index contributed by atoms with van der Waals surface area (Å²) in [4.78, 5) is 11.9. The van der Waals surface area contributed by atoms with Gasteiger partial charge in [-0.15, -0.1) is 0 Å². The van der Waals surface area contributed by atoms with Crippen LogP contribution in [0.2, 0.25) is 5.02 Å². The molecule has 1 amide bonds. The zero-order valence-electron chi connectivity index (χ0n) is 13.2. The number of carbonyl (C=O) groups is 1. The van der Waals surface area contributed by atoms with Gasteiger partial charge in [-0.05, 0) is 49.9 Å². The molecule has 0 aliphatic carbocycles. The van der Waals surface area contributed by atoms with Crippen molar-refractivity contribution >= 4 is 34.6 Å². The van der Waals surface area contributed by atoms with Crippen LogP contribution in [0, 0.1) is 19.7 Å². The van der Waals surface area contributed by atoms with E-state index in [1.807, 2.05) is 0 Å². The van der Waals surface area contributed by atoms with Crippen LogP contribution in [0.4, 0.5) is 21.5 Å². The first-order valence-corrected chi connectivity index (χ1v) is 7.45. The summed E-state index contributed by atoms with van der Waals surface area (Å²) < 4.78 is 14.8. The van der Waals surface area contributed by atoms with E-state index in [9.17, 15) is 9.18 Å². The maximum absolute atomic E-state index is 14.8. The minimum atomic E-state index is -0.838. The Morgan fingerprint density at radius 3 is 2.58 bits per heavy atom. The molecule has 0 saturated heterocycles. The molecule has 0 aliphatic heterocycles. The summed E-state index contributed by atoms with van der Waals surface area (Å²) in [6.07, 6.45) is 1.37. The molecule has 5 nitrogen and oxygen atoms in total. The van der Waals surface area contributed by atoms with Crippen LogP contribution in [-0.4, -0.2) is 11.1 Å². The molecule has 0 unspecified atom stereocenters. The van der Waals surface area contributed by atoms with Gasteiger partial charge in [-0.3, -0.25) is 10.0 Å². The monoisotopic (exact) mass is 349 g/mol. The maximum atomic E-state index is 14.8. The third-order valence-electron chi connectivity index (χ3n) is 3.56. The van der Waals surface area contributed by atoms with Gasteiger partial charge >= 0.3 is 0 Å². The summed E-state index contributed by atoms with van der Waals surface area (Å²) in [5.74, 6) is -1.45. The lowest BCUT2D eigenvalue weighted by molar-refractivity contribution is 0.0707. The number of hydroxylamine groups is 1. The highest BCUT2D eigenvalue weighted by Crippen LogP contribution is 2.33. The number of rotatable bonds is 5. The molecule has 2 aromatic rings. The highest BCUT2D eigenvalue weighted by Gasteiger charge is 2.20. The quantitative estimate of drug-likeness (QED) is 0.473. The average Bonchev–Trinajstić information content (AvgIpc) is 2.55. The predicted octanol–water partition coefficient (Wildman–Crippen LogP) is 4.51. The van der Waals surface area contributed by atoms with Crippen LogP contribution in [0.3, 0.4) is 0 Å². The van der Waals surface area contributed by atoms with Crippen LogP contribution < -0.4 is 16.1 Å². The summed E-state index contributed by atoms with van der Waals surface area (Å²) in [7, 11) is 0. The Kier molecular flexibility index (Phi) is 5.43. The predicted molar refractivity (Wildman–Crippen MR) is 93.7 cm³/mol. The van der Waals surface area contributed by atoms with Crippen LogP contribution in [0.15, 0.2) is 37.0 Å². The van der Waals surface area contributed by atoms with Gasteiger partial charge < -0.3 is 10.6 Å². The molecule has 0 radical (unpaired) electrons. The number of anilines is 3. The lowest BCUT2D eigenvalue weighted by atomic mass is 10.0. The zero-order valence-corrected chi connectivity index (χ0v) is 14.0. The van der Waals surface area contributed by atoms with Gasteiger partial charge in [0.25, 0.3) is 5.91 Å². The molecule has 0 spiro atoms. The van der Waals surface area contributed by atoms with E-state index in [4.69, 9.17) is 16.8 Å². The first-order chi connectivity index (χ1) is 11.4. The number of aryl methyl sites for hydroxylation is 1. The van der Waals surface area contributed by atoms with Crippen LogP contribution in [-0.2, 0) is 0 Å². The van der Waals surface area contributed by atoms with Crippen molar-refractivity contribution in [2.75, 3.05) is 10.6 Å². The Morgan fingerprint density at radius 1 is 1.29 bits per heavy atom. The Labute approximate surface area is 144 Å². The van der Waals surface area contributed by atoms with E-state index in [2.05, 4.69) is 17.2 Å². The van der Waals surface area contributed by atoms with E-state index in [1.165, 1.54) is 17.7 Å². The van der Waals surface area contributed by atoms with Gasteiger partial charge in [0, 0.05) is 22.0 Å². The van der Waals surface area contributed by atoms with E-state index >= 15 is 0 Å². The fourth-order valence-electron chi connectivity index (χ4n) is 2.27. The smallest absolute Gasteiger partial charge is 0.276 e. The number of halogens is 2. The molecule has 0 fully saturated rings. The summed E-state index contributed by atoms with van der Waals surface area (Å²) in [6.45, 7) is 6.89. The average molecular weight is 350 g/mol. The van der Waals surface area contributed by atoms with Gasteiger partial charge in [0.15, 0.2) is 5.82 Å². The molecule has 0 heterocycles. The van der Waals surface area contributed by atoms with Crippen molar-refractivity contribution < 1.29 is 14.4 Å². The van der Waals surface area contributed by atoms with Crippen LogP contribution in [0.25, 0.3) is 0 Å². The first-order valence-electron chi connectivity index (χ1n) is 7.07. The van der Waals surface area contributed by atoms with Crippen molar-refractivity contribution in [3.05, 3.63) is 64.6 Å². The topological polar surface area (TPSA) is 73.4 Å². The second-order valence-corrected chi connectivity index (χ2v) is 5.60. The number of hydrogen-bond donors (Lipinski definition) is 4. The molecular formula is C17H17ClFN3O2. The standard InChI is InChI=1S/C17H17ClFN3O2/c1-4-20-14-8-12(17(23)22-24)16(15(19)10(14)3)21-13-6-5-11(18)7-9(13)2/h4-8,20-21,24H,1H2,2-3H3,(H,22,23). The number of carbonyl (C=O) groups excluding carboxylic acids is 1. The van der Waals surface area contributed by atoms with Gasteiger partial charge in [0.05, 0.1) is 11.3 Å². The van der Waals surface area contributed by atoms with Crippen molar-refractivity contribution in [2.24, 2.45) is 0 Å². The van der Waals surface area contributed by atoms with E-state index in [0.29, 0.717) is 22.0 Å². The Balaban J connectivity index is 2.60. The minimum absolute atomic E-state index is 0.0425. The second-order valence-electron chi connectivity index (χ2n) is 5.16. The van der Waals surface area contributed by atoms with Crippen molar-refractivity contribution in [2.45, 2.75) is 13.8 Å². The van der Waals surface area contributed by atoms with E-state index in [0.717, 1.165) is 5.56 Å². The van der Waals surface area contributed by atoms with Gasteiger partial charge in [0.1, 0.15) is 0 Å². The fraction of sp³-hybridized carbons (Fsp3) is 0.118. The SMILES string of the molecule is C=CNc1cc(C(=O)NO)c(Nc2ccc(Cl)cc2C)c(F)c1C. The summed E-state index contributed by atoms with van der Waals surface area (Å²) >= 11 is 5.92. The summed E-state index contributed by atoms with van der Waals surface area (Å²) in [5, 5.41) is 15.2. The molecule has 126 valence electrons. The first kappa shape index (κ1) is 17.8. The van der Waals surface area contributed by atoms with Crippen molar-refractivity contribution in [3.63, 3.8) is 0 Å². The highest BCUT2D eigenvalue weighted by molar-refractivity contribution is 6.30. The van der Waals surface area contributed by atoms with Crippen LogP contribution in [0.5, 0.6) is 0 Å². The lowest BCUT2D eigenvalue weighted by Crippen LogP contribution is -2.21. The van der Waals surface area contributed by atoms with Crippen LogP contribution >= 0.6 is 11.6 Å². The van der Waals surface area contributed by atoms with Crippen molar-refractivity contribution in [1.29, 1.82) is 0 Å². The molecule has 4 N–H and O–H groups in total. The summed E-state index contributed by atoms with van der Waals surface area (Å²) in [6, 6.07) is 6.48. The second kappa shape index (κ2) is 7.33. The third kappa shape index (κ3) is 3.50. The van der Waals surface area contributed by atoms with Gasteiger partial charge in [-0.1, -0.05) is 18.2 Å². The highest BCUT2D eigenvalue weighted by atomic mass is 35.5.